The molecule has 212 valence electrons. The molecular weight excluding hydrogens is 534 g/mol. The summed E-state index contributed by atoms with van der Waals surface area (Å²) in [6.45, 7) is 0.0360. The van der Waals surface area contributed by atoms with Crippen LogP contribution in [0.1, 0.15) is 16.7 Å². The molecule has 11 heteroatoms. The summed E-state index contributed by atoms with van der Waals surface area (Å²) in [6, 6.07) is 21.0. The maximum Gasteiger partial charge on any atom is 0.243 e. The molecule has 0 saturated heterocycles. The van der Waals surface area contributed by atoms with Gasteiger partial charge in [-0.05, 0) is 41.0 Å². The van der Waals surface area contributed by atoms with Crippen molar-refractivity contribution in [2.45, 2.75) is 25.6 Å². The first kappa shape index (κ1) is 28.9. The highest BCUT2D eigenvalue weighted by molar-refractivity contribution is 7.88. The molecule has 2 amide bonds. The normalized spacial score (nSPS) is 13.1. The molecule has 1 aliphatic heterocycles. The van der Waals surface area contributed by atoms with E-state index in [1.807, 2.05) is 48.5 Å². The van der Waals surface area contributed by atoms with E-state index in [2.05, 4.69) is 5.32 Å². The van der Waals surface area contributed by atoms with Crippen molar-refractivity contribution in [1.82, 2.24) is 14.5 Å². The zero-order valence-corrected chi connectivity index (χ0v) is 23.5. The fraction of sp³-hybridized carbons (Fsp3) is 0.310. The topological polar surface area (TPSA) is 114 Å². The highest BCUT2D eigenvalue weighted by atomic mass is 32.2. The van der Waals surface area contributed by atoms with Gasteiger partial charge in [0.05, 0.1) is 19.9 Å². The van der Waals surface area contributed by atoms with Crippen LogP contribution < -0.4 is 19.5 Å². The molecule has 3 aromatic carbocycles. The van der Waals surface area contributed by atoms with Gasteiger partial charge in [-0.1, -0.05) is 48.5 Å². The van der Waals surface area contributed by atoms with Crippen molar-refractivity contribution in [3.63, 3.8) is 0 Å². The van der Waals surface area contributed by atoms with Crippen molar-refractivity contribution in [3.8, 4) is 17.2 Å². The zero-order chi connectivity index (χ0) is 28.7. The first-order chi connectivity index (χ1) is 19.1. The van der Waals surface area contributed by atoms with Gasteiger partial charge < -0.3 is 24.4 Å². The molecule has 10 nitrogen and oxygen atoms in total. The zero-order valence-electron chi connectivity index (χ0n) is 22.7. The lowest BCUT2D eigenvalue weighted by Gasteiger charge is -2.32. The van der Waals surface area contributed by atoms with Gasteiger partial charge in [-0.25, -0.2) is 8.42 Å². The van der Waals surface area contributed by atoms with Crippen LogP contribution in [0, 0.1) is 0 Å². The molecule has 0 saturated carbocycles. The first-order valence-corrected chi connectivity index (χ1v) is 14.5. The number of benzene rings is 3. The smallest absolute Gasteiger partial charge is 0.243 e. The van der Waals surface area contributed by atoms with E-state index in [0.717, 1.165) is 27.3 Å². The minimum absolute atomic E-state index is 0.0926. The van der Waals surface area contributed by atoms with Gasteiger partial charge in [0.15, 0.2) is 11.5 Å². The van der Waals surface area contributed by atoms with Gasteiger partial charge in [0.25, 0.3) is 0 Å². The number of methoxy groups -OCH3 is 1. The number of nitrogens with zero attached hydrogens (tertiary/aromatic N) is 2. The number of hydrogen-bond acceptors (Lipinski definition) is 7. The van der Waals surface area contributed by atoms with Crippen LogP contribution in [0.4, 0.5) is 0 Å². The van der Waals surface area contributed by atoms with Gasteiger partial charge >= 0.3 is 0 Å². The van der Waals surface area contributed by atoms with E-state index in [-0.39, 0.29) is 32.2 Å². The Kier molecular flexibility index (Phi) is 9.28. The van der Waals surface area contributed by atoms with Gasteiger partial charge in [-0.3, -0.25) is 9.59 Å². The Morgan fingerprint density at radius 3 is 2.30 bits per heavy atom. The summed E-state index contributed by atoms with van der Waals surface area (Å²) in [5, 5.41) is 2.95. The van der Waals surface area contributed by atoms with Crippen LogP contribution in [0.2, 0.25) is 0 Å². The number of nitrogens with one attached hydrogen (secondary N) is 1. The minimum atomic E-state index is -3.62. The summed E-state index contributed by atoms with van der Waals surface area (Å²) in [6.07, 6.45) is 1.27. The van der Waals surface area contributed by atoms with Crippen LogP contribution in [-0.4, -0.2) is 69.2 Å². The third-order valence-corrected chi connectivity index (χ3v) is 7.87. The van der Waals surface area contributed by atoms with E-state index in [1.165, 1.54) is 11.9 Å². The standard InChI is InChI=1S/C29H33N3O7S/c1-31(40(3,35)36)19-28(33)32(18-22-9-12-24(37-2)13-10-22)25(15-21-7-5-4-6-8-21)29(34)30-17-23-11-14-26-27(16-23)39-20-38-26/h4-14,16,25H,15,17-20H2,1-3H3,(H,30,34). The number of fused-ring (bicyclic) bond motifs is 1. The Bertz CT molecular complexity index is 1430. The Morgan fingerprint density at radius 2 is 1.62 bits per heavy atom. The number of rotatable bonds is 12. The van der Waals surface area contributed by atoms with Crippen LogP contribution in [0.25, 0.3) is 0 Å². The van der Waals surface area contributed by atoms with Crippen LogP contribution >= 0.6 is 0 Å². The summed E-state index contributed by atoms with van der Waals surface area (Å²) in [5.74, 6) is 1.03. The molecule has 0 fully saturated rings. The van der Waals surface area contributed by atoms with E-state index >= 15 is 0 Å². The maximum atomic E-state index is 13.8. The summed E-state index contributed by atoms with van der Waals surface area (Å²) < 4.78 is 41.2. The summed E-state index contributed by atoms with van der Waals surface area (Å²) in [5.41, 5.74) is 2.42. The van der Waals surface area contributed by atoms with Crippen LogP contribution in [0.5, 0.6) is 17.2 Å². The summed E-state index contributed by atoms with van der Waals surface area (Å²) in [7, 11) is -0.723. The van der Waals surface area contributed by atoms with Crippen molar-refractivity contribution in [3.05, 3.63) is 89.5 Å². The average Bonchev–Trinajstić information content (AvgIpc) is 3.42. The molecule has 3 aromatic rings. The molecule has 0 aliphatic carbocycles. The highest BCUT2D eigenvalue weighted by Gasteiger charge is 2.32. The Morgan fingerprint density at radius 1 is 0.950 bits per heavy atom. The third-order valence-electron chi connectivity index (χ3n) is 6.61. The van der Waals surface area contributed by atoms with E-state index < -0.39 is 28.5 Å². The Balaban J connectivity index is 1.63. The van der Waals surface area contributed by atoms with E-state index in [1.54, 1.807) is 31.4 Å². The Labute approximate surface area is 234 Å². The number of sulfonamides is 1. The summed E-state index contributed by atoms with van der Waals surface area (Å²) >= 11 is 0. The molecule has 1 N–H and O–H groups in total. The number of carbonyl (C=O) groups excluding carboxylic acids is 2. The number of carbonyl (C=O) groups is 2. The number of likely N-dealkylation sites (N-methyl/N-ethyl adjacent to an activating group) is 1. The largest absolute Gasteiger partial charge is 0.497 e. The number of amides is 2. The van der Waals surface area contributed by atoms with Gasteiger partial charge in [0, 0.05) is 26.6 Å². The fourth-order valence-electron chi connectivity index (χ4n) is 4.24. The molecule has 40 heavy (non-hydrogen) atoms. The van der Waals surface area contributed by atoms with Crippen molar-refractivity contribution in [1.29, 1.82) is 0 Å². The molecule has 0 aromatic heterocycles. The van der Waals surface area contributed by atoms with E-state index in [4.69, 9.17) is 14.2 Å². The predicted molar refractivity (Wildman–Crippen MR) is 149 cm³/mol. The molecule has 0 radical (unpaired) electrons. The molecule has 0 bridgehead atoms. The van der Waals surface area contributed by atoms with Gasteiger partial charge in [-0.2, -0.15) is 4.31 Å². The van der Waals surface area contributed by atoms with Crippen molar-refractivity contribution >= 4 is 21.8 Å². The van der Waals surface area contributed by atoms with Crippen molar-refractivity contribution in [2.24, 2.45) is 0 Å². The quantitative estimate of drug-likeness (QED) is 0.358. The lowest BCUT2D eigenvalue weighted by Crippen LogP contribution is -2.52. The monoisotopic (exact) mass is 567 g/mol. The minimum Gasteiger partial charge on any atom is -0.497 e. The van der Waals surface area contributed by atoms with E-state index in [0.29, 0.717) is 17.2 Å². The molecular formula is C29H33N3O7S. The molecule has 1 aliphatic rings. The molecule has 0 spiro atoms. The molecule has 1 atom stereocenters. The SMILES string of the molecule is COc1ccc(CN(C(=O)CN(C)S(C)(=O)=O)C(Cc2ccccc2)C(=O)NCc2ccc3c(c2)OCO3)cc1. The second kappa shape index (κ2) is 12.8. The van der Waals surface area contributed by atoms with E-state index in [9.17, 15) is 18.0 Å². The average molecular weight is 568 g/mol. The van der Waals surface area contributed by atoms with Crippen molar-refractivity contribution in [2.75, 3.05) is 33.8 Å². The molecule has 4 rings (SSSR count). The van der Waals surface area contributed by atoms with Crippen LogP contribution in [0.15, 0.2) is 72.8 Å². The number of hydrogen-bond donors (Lipinski definition) is 1. The Hall–Kier alpha value is -4.09. The fourth-order valence-corrected chi connectivity index (χ4v) is 4.58. The van der Waals surface area contributed by atoms with Crippen molar-refractivity contribution < 1.29 is 32.2 Å². The second-order valence-electron chi connectivity index (χ2n) is 9.50. The predicted octanol–water partition coefficient (Wildman–Crippen LogP) is 2.57. The highest BCUT2D eigenvalue weighted by Crippen LogP contribution is 2.32. The van der Waals surface area contributed by atoms with Gasteiger partial charge in [0.2, 0.25) is 28.6 Å². The van der Waals surface area contributed by atoms with Gasteiger partial charge in [0.1, 0.15) is 11.8 Å². The second-order valence-corrected chi connectivity index (χ2v) is 11.6. The van der Waals surface area contributed by atoms with Crippen LogP contribution in [-0.2, 0) is 39.1 Å². The number of ether oxygens (including phenoxy) is 3. The maximum absolute atomic E-state index is 13.8. The first-order valence-electron chi connectivity index (χ1n) is 12.7. The lowest BCUT2D eigenvalue weighted by molar-refractivity contribution is -0.141. The molecule has 1 heterocycles. The van der Waals surface area contributed by atoms with Crippen LogP contribution in [0.3, 0.4) is 0 Å². The lowest BCUT2D eigenvalue weighted by atomic mass is 10.0. The summed E-state index contributed by atoms with van der Waals surface area (Å²) in [4.78, 5) is 28.8. The van der Waals surface area contributed by atoms with Gasteiger partial charge in [-0.15, -0.1) is 0 Å². The molecule has 1 unspecified atom stereocenters. The third kappa shape index (κ3) is 7.51.